The summed E-state index contributed by atoms with van der Waals surface area (Å²) in [6.45, 7) is 2.89. The number of carbonyl (C=O) groups is 1. The quantitative estimate of drug-likeness (QED) is 0.756. The molecular weight excluding hydrogens is 380 g/mol. The van der Waals surface area contributed by atoms with Gasteiger partial charge in [0.1, 0.15) is 5.69 Å². The molecule has 1 aliphatic heterocycles. The summed E-state index contributed by atoms with van der Waals surface area (Å²) in [5.74, 6) is -0.412. The number of nitrogens with zero attached hydrogens (tertiary/aromatic N) is 3. The van der Waals surface area contributed by atoms with Crippen molar-refractivity contribution >= 4 is 21.6 Å². The number of para-hydroxylation sites is 1. The first-order chi connectivity index (χ1) is 13.3. The minimum absolute atomic E-state index is 0.0478. The van der Waals surface area contributed by atoms with Gasteiger partial charge < -0.3 is 5.32 Å². The van der Waals surface area contributed by atoms with Crippen molar-refractivity contribution in [2.45, 2.75) is 32.6 Å². The van der Waals surface area contributed by atoms with Crippen LogP contribution in [0.25, 0.3) is 5.69 Å². The molecule has 0 spiro atoms. The summed E-state index contributed by atoms with van der Waals surface area (Å²) in [4.78, 5) is 25.1. The predicted octanol–water partition coefficient (Wildman–Crippen LogP) is 1.63. The van der Waals surface area contributed by atoms with Crippen LogP contribution in [-0.4, -0.2) is 46.8 Å². The first kappa shape index (κ1) is 20.3. The van der Waals surface area contributed by atoms with E-state index in [1.165, 1.54) is 8.99 Å². The van der Waals surface area contributed by atoms with Crippen molar-refractivity contribution in [3.05, 3.63) is 46.4 Å². The maximum absolute atomic E-state index is 12.8. The molecule has 1 amide bonds. The van der Waals surface area contributed by atoms with Crippen LogP contribution < -0.4 is 10.9 Å². The normalized spacial score (nSPS) is 15.1. The van der Waals surface area contributed by atoms with Crippen molar-refractivity contribution in [1.29, 1.82) is 0 Å². The van der Waals surface area contributed by atoms with Gasteiger partial charge in [-0.05, 0) is 38.3 Å². The lowest BCUT2D eigenvalue weighted by molar-refractivity contribution is -0.116. The Morgan fingerprint density at radius 1 is 1.14 bits per heavy atom. The van der Waals surface area contributed by atoms with Crippen LogP contribution in [0.5, 0.6) is 0 Å². The number of hydrogen-bond donors (Lipinski definition) is 1. The number of benzene rings is 1. The second-order valence-electron chi connectivity index (χ2n) is 7.01. The molecule has 1 fully saturated rings. The second kappa shape index (κ2) is 8.32. The lowest BCUT2D eigenvalue weighted by Gasteiger charge is -2.14. The summed E-state index contributed by atoms with van der Waals surface area (Å²) in [5, 5.41) is 2.66. The van der Waals surface area contributed by atoms with E-state index in [-0.39, 0.29) is 35.7 Å². The third-order valence-corrected chi connectivity index (χ3v) is 7.04. The summed E-state index contributed by atoms with van der Waals surface area (Å²) in [6, 6.07) is 9.17. The van der Waals surface area contributed by atoms with E-state index in [0.717, 1.165) is 12.8 Å². The van der Waals surface area contributed by atoms with Crippen LogP contribution in [0.4, 0.5) is 5.69 Å². The van der Waals surface area contributed by atoms with Gasteiger partial charge in [-0.25, -0.2) is 17.4 Å². The van der Waals surface area contributed by atoms with Gasteiger partial charge in [-0.15, -0.1) is 0 Å². The van der Waals surface area contributed by atoms with Gasteiger partial charge in [0, 0.05) is 26.6 Å². The molecule has 0 radical (unpaired) electrons. The van der Waals surface area contributed by atoms with Crippen LogP contribution >= 0.6 is 0 Å². The first-order valence-corrected chi connectivity index (χ1v) is 11.0. The van der Waals surface area contributed by atoms with E-state index in [2.05, 4.69) is 5.32 Å². The molecule has 0 aliphatic carbocycles. The molecule has 0 bridgehead atoms. The number of anilines is 1. The molecule has 8 nitrogen and oxygen atoms in total. The molecule has 3 rings (SSSR count). The molecule has 1 saturated heterocycles. The van der Waals surface area contributed by atoms with Crippen molar-refractivity contribution in [2.75, 3.05) is 24.2 Å². The molecule has 1 aliphatic rings. The number of hydrogen-bond acceptors (Lipinski definition) is 4. The van der Waals surface area contributed by atoms with Crippen LogP contribution in [0.2, 0.25) is 0 Å². The van der Waals surface area contributed by atoms with Gasteiger partial charge in [-0.3, -0.25) is 14.3 Å². The molecule has 1 aromatic carbocycles. The first-order valence-electron chi connectivity index (χ1n) is 9.43. The molecule has 0 unspecified atom stereocenters. The van der Waals surface area contributed by atoms with E-state index in [4.69, 9.17) is 0 Å². The van der Waals surface area contributed by atoms with Crippen LogP contribution in [0.15, 0.2) is 35.1 Å². The summed E-state index contributed by atoms with van der Waals surface area (Å²) in [6.07, 6.45) is 2.05. The molecule has 2 aromatic rings. The van der Waals surface area contributed by atoms with Gasteiger partial charge >= 0.3 is 0 Å². The number of sulfonamides is 1. The monoisotopic (exact) mass is 406 g/mol. The van der Waals surface area contributed by atoms with Crippen molar-refractivity contribution in [1.82, 2.24) is 13.7 Å². The molecular formula is C19H26N4O4S. The standard InChI is InChI=1S/C19H26N4O4S/c1-15-18(19(25)23(21(15)2)16-9-4-3-5-10-16)20-17(24)11-8-14-28(26,27)22-12-6-7-13-22/h3-5,9-10H,6-8,11-14H2,1-2H3,(H,20,24). The highest BCUT2D eigenvalue weighted by Crippen LogP contribution is 2.16. The highest BCUT2D eigenvalue weighted by molar-refractivity contribution is 7.89. The number of nitrogens with one attached hydrogen (secondary N) is 1. The van der Waals surface area contributed by atoms with Crippen LogP contribution in [0, 0.1) is 6.92 Å². The van der Waals surface area contributed by atoms with E-state index in [0.29, 0.717) is 24.5 Å². The Bertz CT molecular complexity index is 1000. The Hall–Kier alpha value is -2.39. The maximum Gasteiger partial charge on any atom is 0.295 e. The maximum atomic E-state index is 12.8. The zero-order valence-electron chi connectivity index (χ0n) is 16.2. The van der Waals surface area contributed by atoms with Crippen LogP contribution in [0.1, 0.15) is 31.4 Å². The highest BCUT2D eigenvalue weighted by Gasteiger charge is 2.25. The Morgan fingerprint density at radius 2 is 1.79 bits per heavy atom. The predicted molar refractivity (Wildman–Crippen MR) is 108 cm³/mol. The third-order valence-electron chi connectivity index (χ3n) is 5.08. The van der Waals surface area contributed by atoms with Gasteiger partial charge in [0.15, 0.2) is 0 Å². The lowest BCUT2D eigenvalue weighted by Crippen LogP contribution is -2.30. The minimum atomic E-state index is -3.30. The molecule has 28 heavy (non-hydrogen) atoms. The van der Waals surface area contributed by atoms with E-state index in [1.807, 2.05) is 30.3 Å². The van der Waals surface area contributed by atoms with E-state index >= 15 is 0 Å². The van der Waals surface area contributed by atoms with Gasteiger partial charge in [0.2, 0.25) is 15.9 Å². The smallest absolute Gasteiger partial charge is 0.295 e. The zero-order valence-corrected chi connectivity index (χ0v) is 17.0. The largest absolute Gasteiger partial charge is 0.320 e. The number of amides is 1. The minimum Gasteiger partial charge on any atom is -0.320 e. The number of rotatable bonds is 7. The average Bonchev–Trinajstić information content (AvgIpc) is 3.27. The van der Waals surface area contributed by atoms with Gasteiger partial charge in [-0.1, -0.05) is 18.2 Å². The second-order valence-corrected chi connectivity index (χ2v) is 9.10. The Morgan fingerprint density at radius 3 is 2.43 bits per heavy atom. The van der Waals surface area contributed by atoms with Crippen molar-refractivity contribution < 1.29 is 13.2 Å². The molecule has 9 heteroatoms. The van der Waals surface area contributed by atoms with Crippen LogP contribution in [-0.2, 0) is 21.9 Å². The summed E-state index contributed by atoms with van der Waals surface area (Å²) >= 11 is 0. The SMILES string of the molecule is Cc1c(NC(=O)CCCS(=O)(=O)N2CCCC2)c(=O)n(-c2ccccc2)n1C. The van der Waals surface area contributed by atoms with E-state index in [9.17, 15) is 18.0 Å². The van der Waals surface area contributed by atoms with Gasteiger partial charge in [0.05, 0.1) is 17.1 Å². The number of aromatic nitrogens is 2. The molecule has 0 atom stereocenters. The molecule has 2 heterocycles. The average molecular weight is 407 g/mol. The van der Waals surface area contributed by atoms with E-state index < -0.39 is 10.0 Å². The molecule has 152 valence electrons. The van der Waals surface area contributed by atoms with Crippen molar-refractivity contribution in [2.24, 2.45) is 7.05 Å². The fraction of sp³-hybridized carbons (Fsp3) is 0.474. The Balaban J connectivity index is 1.65. The lowest BCUT2D eigenvalue weighted by atomic mass is 10.3. The van der Waals surface area contributed by atoms with Crippen molar-refractivity contribution in [3.8, 4) is 5.69 Å². The van der Waals surface area contributed by atoms with Crippen LogP contribution in [0.3, 0.4) is 0 Å². The number of carbonyl (C=O) groups excluding carboxylic acids is 1. The fourth-order valence-electron chi connectivity index (χ4n) is 3.42. The molecule has 1 aromatic heterocycles. The third kappa shape index (κ3) is 4.20. The summed E-state index contributed by atoms with van der Waals surface area (Å²) in [7, 11) is -1.55. The highest BCUT2D eigenvalue weighted by atomic mass is 32.2. The Labute approximate surface area is 164 Å². The molecule has 0 saturated carbocycles. The Kier molecular flexibility index (Phi) is 6.04. The fourth-order valence-corrected chi connectivity index (χ4v) is 5.01. The molecule has 1 N–H and O–H groups in total. The topological polar surface area (TPSA) is 93.4 Å². The van der Waals surface area contributed by atoms with Gasteiger partial charge in [-0.2, -0.15) is 0 Å². The summed E-state index contributed by atoms with van der Waals surface area (Å²) < 4.78 is 29.1. The summed E-state index contributed by atoms with van der Waals surface area (Å²) in [5.41, 5.74) is 1.24. The van der Waals surface area contributed by atoms with Gasteiger partial charge in [0.25, 0.3) is 5.56 Å². The van der Waals surface area contributed by atoms with E-state index in [1.54, 1.807) is 18.7 Å². The van der Waals surface area contributed by atoms with Crippen molar-refractivity contribution in [3.63, 3.8) is 0 Å². The zero-order chi connectivity index (χ0) is 20.3.